The number of nitrogens with one attached hydrogen (secondary N) is 1. The van der Waals surface area contributed by atoms with E-state index in [4.69, 9.17) is 9.47 Å². The molecule has 32 heavy (non-hydrogen) atoms. The Labute approximate surface area is 186 Å². The van der Waals surface area contributed by atoms with E-state index in [1.807, 2.05) is 43.3 Å². The van der Waals surface area contributed by atoms with Gasteiger partial charge in [-0.05, 0) is 54.4 Å². The van der Waals surface area contributed by atoms with Crippen molar-refractivity contribution in [3.05, 3.63) is 102 Å². The number of aryl methyl sites for hydroxylation is 1. The number of hydrogen-bond acceptors (Lipinski definition) is 5. The van der Waals surface area contributed by atoms with Crippen LogP contribution in [0.3, 0.4) is 0 Å². The van der Waals surface area contributed by atoms with Gasteiger partial charge in [0.25, 0.3) is 5.91 Å². The van der Waals surface area contributed by atoms with Crippen molar-refractivity contribution in [1.82, 2.24) is 15.3 Å². The highest BCUT2D eigenvalue weighted by Crippen LogP contribution is 2.22. The molecule has 3 aromatic carbocycles. The summed E-state index contributed by atoms with van der Waals surface area (Å²) in [4.78, 5) is 21.0. The summed E-state index contributed by atoms with van der Waals surface area (Å²) < 4.78 is 10.8. The maximum absolute atomic E-state index is 12.4. The summed E-state index contributed by atoms with van der Waals surface area (Å²) in [7, 11) is 1.62. The summed E-state index contributed by atoms with van der Waals surface area (Å²) in [5.74, 6) is 1.18. The fourth-order valence-electron chi connectivity index (χ4n) is 3.07. The molecule has 0 fully saturated rings. The zero-order valence-electron chi connectivity index (χ0n) is 17.9. The second-order valence-corrected chi connectivity index (χ2v) is 7.28. The Kier molecular flexibility index (Phi) is 6.41. The van der Waals surface area contributed by atoms with Gasteiger partial charge in [0.1, 0.15) is 11.5 Å². The molecule has 6 nitrogen and oxygen atoms in total. The molecule has 0 aliphatic rings. The highest BCUT2D eigenvalue weighted by atomic mass is 16.5. The van der Waals surface area contributed by atoms with E-state index in [-0.39, 0.29) is 11.9 Å². The van der Waals surface area contributed by atoms with Gasteiger partial charge >= 0.3 is 6.01 Å². The van der Waals surface area contributed by atoms with Crippen molar-refractivity contribution in [3.8, 4) is 28.6 Å². The van der Waals surface area contributed by atoms with E-state index in [2.05, 4.69) is 27.4 Å². The highest BCUT2D eigenvalue weighted by molar-refractivity contribution is 5.94. The van der Waals surface area contributed by atoms with Crippen molar-refractivity contribution in [2.24, 2.45) is 0 Å². The van der Waals surface area contributed by atoms with Crippen LogP contribution in [0.4, 0.5) is 0 Å². The van der Waals surface area contributed by atoms with Crippen LogP contribution in [0.2, 0.25) is 0 Å². The van der Waals surface area contributed by atoms with Crippen LogP contribution < -0.4 is 14.8 Å². The molecular weight excluding hydrogens is 402 g/mol. The minimum Gasteiger partial charge on any atom is -0.497 e. The van der Waals surface area contributed by atoms with Gasteiger partial charge in [0.15, 0.2) is 0 Å². The van der Waals surface area contributed by atoms with Crippen LogP contribution in [0.25, 0.3) is 11.1 Å². The van der Waals surface area contributed by atoms with Crippen LogP contribution >= 0.6 is 0 Å². The quantitative estimate of drug-likeness (QED) is 0.441. The molecule has 0 saturated heterocycles. The lowest BCUT2D eigenvalue weighted by Gasteiger charge is -2.08. The van der Waals surface area contributed by atoms with Gasteiger partial charge in [0.2, 0.25) is 0 Å². The number of carbonyl (C=O) groups is 1. The Morgan fingerprint density at radius 1 is 0.812 bits per heavy atom. The Morgan fingerprint density at radius 3 is 2.06 bits per heavy atom. The lowest BCUT2D eigenvalue weighted by atomic mass is 10.1. The predicted octanol–water partition coefficient (Wildman–Crippen LogP) is 5.18. The average molecular weight is 425 g/mol. The number of aromatic nitrogens is 2. The minimum absolute atomic E-state index is 0.161. The molecule has 0 spiro atoms. The number of benzene rings is 3. The number of nitrogens with zero attached hydrogens (tertiary/aromatic N) is 2. The lowest BCUT2D eigenvalue weighted by molar-refractivity contribution is 0.0951. The Hall–Kier alpha value is -4.19. The number of ether oxygens (including phenoxy) is 2. The number of hydrogen-bond donors (Lipinski definition) is 1. The zero-order chi connectivity index (χ0) is 22.3. The van der Waals surface area contributed by atoms with Gasteiger partial charge < -0.3 is 14.8 Å². The molecule has 0 radical (unpaired) electrons. The molecule has 0 aliphatic heterocycles. The molecule has 1 aromatic heterocycles. The summed E-state index contributed by atoms with van der Waals surface area (Å²) in [6, 6.07) is 22.8. The van der Waals surface area contributed by atoms with Crippen LogP contribution in [0, 0.1) is 6.92 Å². The Balaban J connectivity index is 1.33. The zero-order valence-corrected chi connectivity index (χ0v) is 17.9. The molecular formula is C26H23N3O3. The minimum atomic E-state index is -0.161. The van der Waals surface area contributed by atoms with E-state index in [1.165, 1.54) is 5.56 Å². The SMILES string of the molecule is COc1ccc(CNC(=O)c2ccc(Oc3ncc(-c4ccc(C)cc4)cn3)cc2)cc1. The number of carbonyl (C=O) groups excluding carboxylic acids is 1. The topological polar surface area (TPSA) is 73.3 Å². The van der Waals surface area contributed by atoms with E-state index in [1.54, 1.807) is 43.8 Å². The Bertz CT molecular complexity index is 1170. The first-order valence-electron chi connectivity index (χ1n) is 10.2. The Morgan fingerprint density at radius 2 is 1.44 bits per heavy atom. The molecule has 4 rings (SSSR count). The van der Waals surface area contributed by atoms with E-state index in [9.17, 15) is 4.79 Å². The third-order valence-electron chi connectivity index (χ3n) is 4.95. The van der Waals surface area contributed by atoms with Crippen molar-refractivity contribution in [3.63, 3.8) is 0 Å². The number of amides is 1. The molecule has 0 unspecified atom stereocenters. The first kappa shape index (κ1) is 21.1. The van der Waals surface area contributed by atoms with E-state index in [0.29, 0.717) is 17.9 Å². The van der Waals surface area contributed by atoms with Crippen LogP contribution in [0.5, 0.6) is 17.5 Å². The summed E-state index contributed by atoms with van der Waals surface area (Å²) in [6.45, 7) is 2.48. The maximum atomic E-state index is 12.4. The summed E-state index contributed by atoms with van der Waals surface area (Å²) in [5, 5.41) is 2.90. The van der Waals surface area contributed by atoms with Gasteiger partial charge in [0.05, 0.1) is 7.11 Å². The first-order valence-corrected chi connectivity index (χ1v) is 10.2. The first-order chi connectivity index (χ1) is 15.6. The average Bonchev–Trinajstić information content (AvgIpc) is 2.84. The van der Waals surface area contributed by atoms with E-state index >= 15 is 0 Å². The van der Waals surface area contributed by atoms with E-state index < -0.39 is 0 Å². The molecule has 0 saturated carbocycles. The fourth-order valence-corrected chi connectivity index (χ4v) is 3.07. The van der Waals surface area contributed by atoms with Crippen molar-refractivity contribution in [2.45, 2.75) is 13.5 Å². The van der Waals surface area contributed by atoms with Gasteiger partial charge in [-0.1, -0.05) is 42.0 Å². The second kappa shape index (κ2) is 9.75. The monoisotopic (exact) mass is 425 g/mol. The van der Waals surface area contributed by atoms with Crippen LogP contribution in [-0.2, 0) is 6.54 Å². The molecule has 1 N–H and O–H groups in total. The van der Waals surface area contributed by atoms with Crippen molar-refractivity contribution < 1.29 is 14.3 Å². The van der Waals surface area contributed by atoms with Crippen molar-refractivity contribution >= 4 is 5.91 Å². The molecule has 160 valence electrons. The van der Waals surface area contributed by atoms with Gasteiger partial charge in [-0.15, -0.1) is 0 Å². The molecule has 0 bridgehead atoms. The van der Waals surface area contributed by atoms with Gasteiger partial charge in [-0.2, -0.15) is 0 Å². The third-order valence-corrected chi connectivity index (χ3v) is 4.95. The van der Waals surface area contributed by atoms with E-state index in [0.717, 1.165) is 22.4 Å². The largest absolute Gasteiger partial charge is 0.497 e. The lowest BCUT2D eigenvalue weighted by Crippen LogP contribution is -2.22. The molecule has 0 aliphatic carbocycles. The number of methoxy groups -OCH3 is 1. The van der Waals surface area contributed by atoms with Crippen molar-refractivity contribution in [2.75, 3.05) is 7.11 Å². The maximum Gasteiger partial charge on any atom is 0.321 e. The summed E-state index contributed by atoms with van der Waals surface area (Å²) in [5.41, 5.74) is 4.70. The van der Waals surface area contributed by atoms with Gasteiger partial charge in [0, 0.05) is 30.1 Å². The highest BCUT2D eigenvalue weighted by Gasteiger charge is 2.07. The molecule has 1 heterocycles. The molecule has 1 amide bonds. The number of rotatable bonds is 7. The van der Waals surface area contributed by atoms with Gasteiger partial charge in [-0.25, -0.2) is 9.97 Å². The smallest absolute Gasteiger partial charge is 0.321 e. The van der Waals surface area contributed by atoms with Crippen LogP contribution in [0.1, 0.15) is 21.5 Å². The predicted molar refractivity (Wildman–Crippen MR) is 123 cm³/mol. The standard InChI is InChI=1S/C26H23N3O3/c1-18-3-7-20(8-4-18)22-16-28-26(29-17-22)32-24-13-9-21(10-14-24)25(30)27-15-19-5-11-23(31-2)12-6-19/h3-14,16-17H,15H2,1-2H3,(H,27,30). The molecule has 6 heteroatoms. The normalized spacial score (nSPS) is 10.4. The second-order valence-electron chi connectivity index (χ2n) is 7.28. The fraction of sp³-hybridized carbons (Fsp3) is 0.115. The van der Waals surface area contributed by atoms with Gasteiger partial charge in [-0.3, -0.25) is 4.79 Å². The summed E-state index contributed by atoms with van der Waals surface area (Å²) in [6.07, 6.45) is 3.46. The summed E-state index contributed by atoms with van der Waals surface area (Å²) >= 11 is 0. The third kappa shape index (κ3) is 5.29. The van der Waals surface area contributed by atoms with Crippen LogP contribution in [0.15, 0.2) is 85.2 Å². The molecule has 0 atom stereocenters. The van der Waals surface area contributed by atoms with Crippen molar-refractivity contribution in [1.29, 1.82) is 0 Å². The molecule has 4 aromatic rings. The van der Waals surface area contributed by atoms with Crippen LogP contribution in [-0.4, -0.2) is 23.0 Å².